The fraction of sp³-hybridized carbons (Fsp3) is 0.879. The Morgan fingerprint density at radius 1 is 0.867 bits per heavy atom. The third kappa shape index (κ3) is 8.67. The molecular formula is C33H58O11Si. The smallest absolute Gasteiger partial charge is 0.481 e. The summed E-state index contributed by atoms with van der Waals surface area (Å²) >= 11 is 0. The monoisotopic (exact) mass is 658 g/mol. The Morgan fingerprint density at radius 3 is 1.91 bits per heavy atom. The number of carbonyl (C=O) groups excluding carboxylic acids is 3. The van der Waals surface area contributed by atoms with E-state index in [0.29, 0.717) is 31.7 Å². The summed E-state index contributed by atoms with van der Waals surface area (Å²) in [6.45, 7) is 14.5. The maximum Gasteiger partial charge on any atom is 0.500 e. The van der Waals surface area contributed by atoms with Crippen LogP contribution in [0.15, 0.2) is 0 Å². The zero-order valence-corrected chi connectivity index (χ0v) is 30.6. The maximum absolute atomic E-state index is 14.3. The third-order valence-corrected chi connectivity index (χ3v) is 13.3. The number of hydrogen-bond donors (Lipinski definition) is 1. The van der Waals surface area contributed by atoms with Gasteiger partial charge in [0, 0.05) is 27.4 Å². The minimum Gasteiger partial charge on any atom is -0.481 e. The van der Waals surface area contributed by atoms with Crippen molar-refractivity contribution in [1.82, 2.24) is 0 Å². The van der Waals surface area contributed by atoms with Crippen LogP contribution < -0.4 is 0 Å². The predicted molar refractivity (Wildman–Crippen MR) is 169 cm³/mol. The maximum atomic E-state index is 14.3. The average molecular weight is 659 g/mol. The molecule has 0 heterocycles. The molecule has 45 heavy (non-hydrogen) atoms. The van der Waals surface area contributed by atoms with Crippen LogP contribution in [0.1, 0.15) is 93.9 Å². The van der Waals surface area contributed by atoms with Gasteiger partial charge < -0.3 is 32.6 Å². The summed E-state index contributed by atoms with van der Waals surface area (Å²) in [6.07, 6.45) is 2.54. The van der Waals surface area contributed by atoms with Crippen LogP contribution in [-0.4, -0.2) is 78.4 Å². The van der Waals surface area contributed by atoms with Crippen molar-refractivity contribution in [3.63, 3.8) is 0 Å². The van der Waals surface area contributed by atoms with Crippen molar-refractivity contribution < 1.29 is 51.8 Å². The first-order valence-corrected chi connectivity index (χ1v) is 18.0. The van der Waals surface area contributed by atoms with E-state index >= 15 is 0 Å². The molecular weight excluding hydrogens is 600 g/mol. The number of esters is 3. The lowest BCUT2D eigenvalue weighted by Gasteiger charge is -2.48. The van der Waals surface area contributed by atoms with Crippen LogP contribution in [0.4, 0.5) is 0 Å². The van der Waals surface area contributed by atoms with Crippen molar-refractivity contribution in [2.75, 3.05) is 35.0 Å². The lowest BCUT2D eigenvalue weighted by molar-refractivity contribution is -0.181. The van der Waals surface area contributed by atoms with Gasteiger partial charge in [-0.15, -0.1) is 0 Å². The molecule has 0 aromatic carbocycles. The normalized spacial score (nSPS) is 26.1. The summed E-state index contributed by atoms with van der Waals surface area (Å²) in [6, 6.07) is 0.468. The molecule has 0 aromatic heterocycles. The number of fused-ring (bicyclic) bond motifs is 2. The van der Waals surface area contributed by atoms with Gasteiger partial charge in [-0.25, -0.2) is 0 Å². The topological polar surface area (TPSA) is 144 Å². The molecule has 1 N–H and O–H groups in total. The van der Waals surface area contributed by atoms with E-state index in [1.807, 2.05) is 20.8 Å². The minimum absolute atomic E-state index is 0.0430. The molecule has 2 aliphatic rings. The first-order chi connectivity index (χ1) is 20.7. The average Bonchev–Trinajstić information content (AvgIpc) is 3.55. The summed E-state index contributed by atoms with van der Waals surface area (Å²) in [5.41, 5.74) is -4.09. The standard InChI is InChI=1S/C33H58O11Si/c1-13-32(7,28(37)43-15-14-16-45(40-10,41-11)42-12)20-33(8,29(38)44-30(2,3)4)25-21-17-22(23(18-21)26(34)39-9)24(25)19-31(5,6)27(35)36/h21-25H,13-20H2,1-12H3,(H,35,36). The molecule has 11 nitrogen and oxygen atoms in total. The zero-order valence-electron chi connectivity index (χ0n) is 29.6. The molecule has 12 heteroatoms. The fourth-order valence-electron chi connectivity index (χ4n) is 7.92. The molecule has 2 saturated carbocycles. The van der Waals surface area contributed by atoms with Crippen LogP contribution >= 0.6 is 0 Å². The van der Waals surface area contributed by atoms with Gasteiger partial charge in [-0.1, -0.05) is 6.92 Å². The lowest BCUT2D eigenvalue weighted by atomic mass is 9.55. The van der Waals surface area contributed by atoms with Gasteiger partial charge in [-0.05, 0) is 111 Å². The number of ether oxygens (including phenoxy) is 3. The third-order valence-electron chi connectivity index (χ3n) is 10.4. The van der Waals surface area contributed by atoms with Gasteiger partial charge in [0.15, 0.2) is 0 Å². The molecule has 0 radical (unpaired) electrons. The molecule has 2 rings (SSSR count). The van der Waals surface area contributed by atoms with Crippen LogP contribution in [0.2, 0.25) is 6.04 Å². The van der Waals surface area contributed by atoms with Crippen molar-refractivity contribution >= 4 is 32.7 Å². The van der Waals surface area contributed by atoms with E-state index in [4.69, 9.17) is 27.5 Å². The number of hydrogen-bond acceptors (Lipinski definition) is 10. The molecule has 7 unspecified atom stereocenters. The molecule has 0 spiro atoms. The van der Waals surface area contributed by atoms with Gasteiger partial charge in [0.2, 0.25) is 0 Å². The fourth-order valence-corrected chi connectivity index (χ4v) is 9.61. The number of carboxylic acid groups (broad SMARTS) is 1. The van der Waals surface area contributed by atoms with E-state index in [2.05, 4.69) is 0 Å². The van der Waals surface area contributed by atoms with Crippen molar-refractivity contribution in [2.24, 2.45) is 45.8 Å². The molecule has 0 aromatic rings. The van der Waals surface area contributed by atoms with Crippen LogP contribution in [-0.2, 0) is 46.7 Å². The van der Waals surface area contributed by atoms with E-state index < -0.39 is 48.6 Å². The van der Waals surface area contributed by atoms with Gasteiger partial charge in [0.25, 0.3) is 0 Å². The second-order valence-corrected chi connectivity index (χ2v) is 18.2. The molecule has 7 atom stereocenters. The van der Waals surface area contributed by atoms with Crippen LogP contribution in [0, 0.1) is 45.8 Å². The van der Waals surface area contributed by atoms with E-state index in [1.54, 1.807) is 34.6 Å². The number of carbonyl (C=O) groups is 4. The Balaban J connectivity index is 2.49. The largest absolute Gasteiger partial charge is 0.500 e. The minimum atomic E-state index is -2.82. The Kier molecular flexibility index (Phi) is 12.9. The summed E-state index contributed by atoms with van der Waals surface area (Å²) in [7, 11) is 3.14. The van der Waals surface area contributed by atoms with E-state index in [-0.39, 0.29) is 55.0 Å². The Labute approximate surface area is 270 Å². The highest BCUT2D eigenvalue weighted by Crippen LogP contribution is 2.65. The van der Waals surface area contributed by atoms with E-state index in [0.717, 1.165) is 0 Å². The number of rotatable bonds is 17. The van der Waals surface area contributed by atoms with Gasteiger partial charge in [0.05, 0.1) is 35.9 Å². The zero-order chi connectivity index (χ0) is 34.6. The predicted octanol–water partition coefficient (Wildman–Crippen LogP) is 5.51. The van der Waals surface area contributed by atoms with Crippen LogP contribution in [0.3, 0.4) is 0 Å². The summed E-state index contributed by atoms with van der Waals surface area (Å²) < 4.78 is 33.4. The highest BCUT2D eigenvalue weighted by molar-refractivity contribution is 6.60. The second-order valence-electron chi connectivity index (χ2n) is 15.2. The first-order valence-electron chi connectivity index (χ1n) is 16.1. The second kappa shape index (κ2) is 14.8. The van der Waals surface area contributed by atoms with Gasteiger partial charge >= 0.3 is 32.7 Å². The molecule has 0 saturated heterocycles. The highest BCUT2D eigenvalue weighted by atomic mass is 28.4. The Bertz CT molecular complexity index is 1060. The van der Waals surface area contributed by atoms with Gasteiger partial charge in [-0.3, -0.25) is 19.2 Å². The lowest BCUT2D eigenvalue weighted by Crippen LogP contribution is -2.51. The number of carboxylic acids is 1. The summed E-state index contributed by atoms with van der Waals surface area (Å²) in [5.74, 6) is -3.22. The van der Waals surface area contributed by atoms with Gasteiger partial charge in [-0.2, -0.15) is 0 Å². The number of methoxy groups -OCH3 is 1. The first kappa shape index (κ1) is 39.2. The molecule has 2 aliphatic carbocycles. The Morgan fingerprint density at radius 2 is 1.44 bits per heavy atom. The highest BCUT2D eigenvalue weighted by Gasteiger charge is 2.64. The molecule has 2 bridgehead atoms. The van der Waals surface area contributed by atoms with Crippen molar-refractivity contribution in [1.29, 1.82) is 0 Å². The molecule has 2 fully saturated rings. The van der Waals surface area contributed by atoms with Crippen molar-refractivity contribution in [3.05, 3.63) is 0 Å². The summed E-state index contributed by atoms with van der Waals surface area (Å²) in [4.78, 5) is 53.2. The quantitative estimate of drug-likeness (QED) is 0.0914. The van der Waals surface area contributed by atoms with Crippen molar-refractivity contribution in [2.45, 2.75) is 106 Å². The SMILES string of the molecule is CCC(C)(CC(C)(C(=O)OC(C)(C)C)C1C2CC(C(=O)OC)C(C2)C1CC(C)(C)C(=O)O)C(=O)OCCC[Si](OC)(OC)OC. The molecule has 0 aliphatic heterocycles. The van der Waals surface area contributed by atoms with Crippen LogP contribution in [0.25, 0.3) is 0 Å². The van der Waals surface area contributed by atoms with E-state index in [9.17, 15) is 24.3 Å². The van der Waals surface area contributed by atoms with Gasteiger partial charge in [0.1, 0.15) is 5.60 Å². The summed E-state index contributed by atoms with van der Waals surface area (Å²) in [5, 5.41) is 10.1. The number of aliphatic carboxylic acids is 1. The van der Waals surface area contributed by atoms with Crippen LogP contribution in [0.5, 0.6) is 0 Å². The van der Waals surface area contributed by atoms with E-state index in [1.165, 1.54) is 28.4 Å². The van der Waals surface area contributed by atoms with Crippen molar-refractivity contribution in [3.8, 4) is 0 Å². The molecule has 260 valence electrons. The molecule has 0 amide bonds. The Hall–Kier alpha value is -2.02.